The summed E-state index contributed by atoms with van der Waals surface area (Å²) >= 11 is 0. The van der Waals surface area contributed by atoms with E-state index in [0.717, 1.165) is 18.0 Å². The predicted octanol–water partition coefficient (Wildman–Crippen LogP) is 3.34. The summed E-state index contributed by atoms with van der Waals surface area (Å²) in [6.45, 7) is 7.19. The van der Waals surface area contributed by atoms with E-state index < -0.39 is 0 Å². The second-order valence-corrected chi connectivity index (χ2v) is 5.96. The highest BCUT2D eigenvalue weighted by atomic mass is 15.0. The fourth-order valence-corrected chi connectivity index (χ4v) is 2.96. The second kappa shape index (κ2) is 3.84. The molecule has 0 bridgehead atoms. The smallest absolute Gasteiger partial charge is 0.0121 e. The minimum atomic E-state index is 0.541. The lowest BCUT2D eigenvalue weighted by Crippen LogP contribution is -2.45. The Kier molecular flexibility index (Phi) is 2.88. The minimum Gasteiger partial charge on any atom is -0.310 e. The van der Waals surface area contributed by atoms with Crippen molar-refractivity contribution >= 4 is 0 Å². The van der Waals surface area contributed by atoms with Gasteiger partial charge < -0.3 is 5.32 Å². The number of nitrogens with one attached hydrogen (secondary N) is 1. The third-order valence-electron chi connectivity index (χ3n) is 4.37. The summed E-state index contributed by atoms with van der Waals surface area (Å²) < 4.78 is 0. The van der Waals surface area contributed by atoms with Crippen molar-refractivity contribution in [3.63, 3.8) is 0 Å². The lowest BCUT2D eigenvalue weighted by atomic mass is 9.73. The number of rotatable bonds is 3. The molecule has 0 saturated heterocycles. The molecule has 1 N–H and O–H groups in total. The maximum Gasteiger partial charge on any atom is 0.0121 e. The van der Waals surface area contributed by atoms with Crippen molar-refractivity contribution in [1.82, 2.24) is 5.32 Å². The summed E-state index contributed by atoms with van der Waals surface area (Å²) in [5.41, 5.74) is 0.541. The highest BCUT2D eigenvalue weighted by Gasteiger charge is 2.40. The third kappa shape index (κ3) is 2.13. The van der Waals surface area contributed by atoms with E-state index in [1.54, 1.807) is 0 Å². The van der Waals surface area contributed by atoms with Gasteiger partial charge >= 0.3 is 0 Å². The van der Waals surface area contributed by atoms with E-state index in [1.807, 2.05) is 0 Å². The molecule has 0 spiro atoms. The van der Waals surface area contributed by atoms with Gasteiger partial charge in [0.05, 0.1) is 0 Å². The van der Waals surface area contributed by atoms with Crippen LogP contribution in [0.15, 0.2) is 0 Å². The van der Waals surface area contributed by atoms with Crippen LogP contribution in [0.1, 0.15) is 59.3 Å². The number of hydrogen-bond donors (Lipinski definition) is 1. The monoisotopic (exact) mass is 195 g/mol. The molecule has 2 rings (SSSR count). The molecule has 2 aliphatic carbocycles. The molecule has 0 aromatic carbocycles. The van der Waals surface area contributed by atoms with Crippen molar-refractivity contribution in [3.8, 4) is 0 Å². The first-order valence-corrected chi connectivity index (χ1v) is 6.39. The molecule has 1 heteroatoms. The molecule has 3 atom stereocenters. The van der Waals surface area contributed by atoms with Crippen molar-refractivity contribution in [2.75, 3.05) is 0 Å². The first-order valence-electron chi connectivity index (χ1n) is 6.39. The molecule has 0 aromatic rings. The van der Waals surface area contributed by atoms with E-state index in [1.165, 1.54) is 38.5 Å². The lowest BCUT2D eigenvalue weighted by Gasteiger charge is -2.39. The van der Waals surface area contributed by atoms with Crippen molar-refractivity contribution in [2.45, 2.75) is 71.4 Å². The molecular weight excluding hydrogens is 170 g/mol. The molecule has 2 fully saturated rings. The Bertz CT molecular complexity index is 197. The molecule has 2 saturated carbocycles. The molecule has 0 aromatic heterocycles. The van der Waals surface area contributed by atoms with Gasteiger partial charge in [-0.2, -0.15) is 0 Å². The summed E-state index contributed by atoms with van der Waals surface area (Å²) in [5.74, 6) is 0.993. The highest BCUT2D eigenvalue weighted by molar-refractivity contribution is 4.98. The molecule has 82 valence electrons. The average Bonchev–Trinajstić information content (AvgIpc) is 2.87. The van der Waals surface area contributed by atoms with Gasteiger partial charge in [0.2, 0.25) is 0 Å². The Balaban J connectivity index is 1.84. The van der Waals surface area contributed by atoms with Crippen LogP contribution in [0.4, 0.5) is 0 Å². The molecule has 1 nitrogen and oxygen atoms in total. The van der Waals surface area contributed by atoms with E-state index in [4.69, 9.17) is 0 Å². The molecule has 0 amide bonds. The SMILES string of the molecule is CCC1CC1NC1CCCCC1(C)C. The van der Waals surface area contributed by atoms with Gasteiger partial charge in [-0.1, -0.05) is 40.0 Å². The average molecular weight is 195 g/mol. The van der Waals surface area contributed by atoms with Crippen LogP contribution in [-0.4, -0.2) is 12.1 Å². The first-order chi connectivity index (χ1) is 6.63. The van der Waals surface area contributed by atoms with E-state index in [2.05, 4.69) is 26.1 Å². The second-order valence-electron chi connectivity index (χ2n) is 5.96. The minimum absolute atomic E-state index is 0.541. The standard InChI is InChI=1S/C13H25N/c1-4-10-9-11(10)14-12-7-5-6-8-13(12,2)3/h10-12,14H,4-9H2,1-3H3. The van der Waals surface area contributed by atoms with E-state index >= 15 is 0 Å². The van der Waals surface area contributed by atoms with Crippen LogP contribution < -0.4 is 5.32 Å². The summed E-state index contributed by atoms with van der Waals surface area (Å²) in [4.78, 5) is 0. The van der Waals surface area contributed by atoms with Crippen molar-refractivity contribution in [3.05, 3.63) is 0 Å². The van der Waals surface area contributed by atoms with Crippen LogP contribution in [0.25, 0.3) is 0 Å². The van der Waals surface area contributed by atoms with Gasteiger partial charge in [-0.15, -0.1) is 0 Å². The maximum absolute atomic E-state index is 3.88. The van der Waals surface area contributed by atoms with Gasteiger partial charge in [0, 0.05) is 12.1 Å². The summed E-state index contributed by atoms with van der Waals surface area (Å²) in [7, 11) is 0. The Labute approximate surface area is 88.7 Å². The zero-order valence-electron chi connectivity index (χ0n) is 9.97. The molecule has 2 aliphatic rings. The zero-order valence-corrected chi connectivity index (χ0v) is 9.97. The summed E-state index contributed by atoms with van der Waals surface area (Å²) in [6, 6.07) is 1.65. The molecular formula is C13H25N. The van der Waals surface area contributed by atoms with Crippen molar-refractivity contribution in [1.29, 1.82) is 0 Å². The fourth-order valence-electron chi connectivity index (χ4n) is 2.96. The predicted molar refractivity (Wildman–Crippen MR) is 61.4 cm³/mol. The van der Waals surface area contributed by atoms with Gasteiger partial charge in [-0.25, -0.2) is 0 Å². The molecule has 14 heavy (non-hydrogen) atoms. The molecule has 0 heterocycles. The van der Waals surface area contributed by atoms with Crippen LogP contribution in [0.2, 0.25) is 0 Å². The Morgan fingerprint density at radius 1 is 1.29 bits per heavy atom. The summed E-state index contributed by atoms with van der Waals surface area (Å²) in [6.07, 6.45) is 8.49. The quantitative estimate of drug-likeness (QED) is 0.728. The van der Waals surface area contributed by atoms with Gasteiger partial charge in [0.25, 0.3) is 0 Å². The Hall–Kier alpha value is -0.0400. The van der Waals surface area contributed by atoms with Gasteiger partial charge in [0.15, 0.2) is 0 Å². The maximum atomic E-state index is 3.88. The van der Waals surface area contributed by atoms with Gasteiger partial charge in [-0.3, -0.25) is 0 Å². The van der Waals surface area contributed by atoms with Crippen LogP contribution >= 0.6 is 0 Å². The van der Waals surface area contributed by atoms with E-state index in [-0.39, 0.29) is 0 Å². The van der Waals surface area contributed by atoms with Crippen LogP contribution in [0.3, 0.4) is 0 Å². The van der Waals surface area contributed by atoms with E-state index in [0.29, 0.717) is 5.41 Å². The van der Waals surface area contributed by atoms with Crippen molar-refractivity contribution < 1.29 is 0 Å². The van der Waals surface area contributed by atoms with Crippen LogP contribution in [0, 0.1) is 11.3 Å². The molecule has 0 radical (unpaired) electrons. The summed E-state index contributed by atoms with van der Waals surface area (Å²) in [5, 5.41) is 3.88. The molecule has 0 aliphatic heterocycles. The lowest BCUT2D eigenvalue weighted by molar-refractivity contribution is 0.165. The van der Waals surface area contributed by atoms with Crippen molar-refractivity contribution in [2.24, 2.45) is 11.3 Å². The largest absolute Gasteiger partial charge is 0.310 e. The van der Waals surface area contributed by atoms with Crippen LogP contribution in [-0.2, 0) is 0 Å². The third-order valence-corrected chi connectivity index (χ3v) is 4.37. The van der Waals surface area contributed by atoms with Crippen LogP contribution in [0.5, 0.6) is 0 Å². The normalized spacial score (nSPS) is 40.9. The highest BCUT2D eigenvalue weighted by Crippen LogP contribution is 2.40. The van der Waals surface area contributed by atoms with E-state index in [9.17, 15) is 0 Å². The van der Waals surface area contributed by atoms with Gasteiger partial charge in [-0.05, 0) is 30.6 Å². The number of hydrogen-bond acceptors (Lipinski definition) is 1. The fraction of sp³-hybridized carbons (Fsp3) is 1.00. The Morgan fingerprint density at radius 2 is 2.07 bits per heavy atom. The Morgan fingerprint density at radius 3 is 2.64 bits per heavy atom. The molecule has 3 unspecified atom stereocenters. The topological polar surface area (TPSA) is 12.0 Å². The van der Waals surface area contributed by atoms with Gasteiger partial charge in [0.1, 0.15) is 0 Å². The zero-order chi connectivity index (χ0) is 10.2. The first kappa shape index (κ1) is 10.5.